The zero-order valence-corrected chi connectivity index (χ0v) is 15.0. The number of nitrogens with zero attached hydrogens (tertiary/aromatic N) is 4. The summed E-state index contributed by atoms with van der Waals surface area (Å²) >= 11 is 1.87. The fourth-order valence-electron chi connectivity index (χ4n) is 3.18. The molecule has 7 heteroatoms. The van der Waals surface area contributed by atoms with E-state index in [2.05, 4.69) is 56.8 Å². The molecule has 0 unspecified atom stereocenters. The van der Waals surface area contributed by atoms with Gasteiger partial charge < -0.3 is 4.74 Å². The molecule has 130 valence electrons. The van der Waals surface area contributed by atoms with E-state index in [0.29, 0.717) is 11.9 Å². The number of tetrazole rings is 1. The first kappa shape index (κ1) is 16.4. The van der Waals surface area contributed by atoms with Gasteiger partial charge in [-0.25, -0.2) is 0 Å². The number of aromatic nitrogens is 4. The minimum absolute atomic E-state index is 0.315. The van der Waals surface area contributed by atoms with Gasteiger partial charge in [-0.05, 0) is 48.9 Å². The lowest BCUT2D eigenvalue weighted by molar-refractivity contribution is 0.114. The van der Waals surface area contributed by atoms with E-state index in [1.807, 2.05) is 23.5 Å². The largest absolute Gasteiger partial charge is 0.373 e. The Balaban J connectivity index is 1.39. The van der Waals surface area contributed by atoms with Gasteiger partial charge in [0.05, 0.1) is 6.10 Å². The summed E-state index contributed by atoms with van der Waals surface area (Å²) in [5.74, 6) is 0.629. The predicted molar refractivity (Wildman–Crippen MR) is 97.0 cm³/mol. The summed E-state index contributed by atoms with van der Waals surface area (Å²) in [5, 5.41) is 14.2. The van der Waals surface area contributed by atoms with Crippen molar-refractivity contribution in [2.24, 2.45) is 0 Å². The summed E-state index contributed by atoms with van der Waals surface area (Å²) < 4.78 is 5.78. The van der Waals surface area contributed by atoms with Crippen LogP contribution in [0.4, 0.5) is 0 Å². The van der Waals surface area contributed by atoms with Crippen LogP contribution in [0.1, 0.15) is 34.3 Å². The first-order valence-electron chi connectivity index (χ1n) is 8.49. The van der Waals surface area contributed by atoms with Gasteiger partial charge in [-0.15, -0.1) is 21.5 Å². The van der Waals surface area contributed by atoms with Gasteiger partial charge in [-0.3, -0.25) is 4.90 Å². The van der Waals surface area contributed by atoms with Crippen LogP contribution >= 0.6 is 11.3 Å². The molecule has 0 aliphatic carbocycles. The molecule has 0 bridgehead atoms. The molecule has 0 saturated carbocycles. The minimum Gasteiger partial charge on any atom is -0.373 e. The Hall–Kier alpha value is -2.09. The molecule has 1 aliphatic rings. The van der Waals surface area contributed by atoms with Crippen molar-refractivity contribution in [3.05, 3.63) is 51.7 Å². The molecule has 3 heterocycles. The van der Waals surface area contributed by atoms with E-state index in [9.17, 15) is 0 Å². The summed E-state index contributed by atoms with van der Waals surface area (Å²) in [7, 11) is 2.15. The maximum absolute atomic E-state index is 5.78. The Labute approximate surface area is 150 Å². The van der Waals surface area contributed by atoms with Gasteiger partial charge in [0.15, 0.2) is 0 Å². The van der Waals surface area contributed by atoms with Crippen molar-refractivity contribution < 1.29 is 4.74 Å². The Kier molecular flexibility index (Phi) is 4.87. The van der Waals surface area contributed by atoms with E-state index in [1.54, 1.807) is 0 Å². The van der Waals surface area contributed by atoms with Crippen molar-refractivity contribution in [1.82, 2.24) is 25.5 Å². The average molecular weight is 355 g/mol. The average Bonchev–Trinajstić information content (AvgIpc) is 3.37. The van der Waals surface area contributed by atoms with Crippen molar-refractivity contribution in [2.75, 3.05) is 13.7 Å². The van der Waals surface area contributed by atoms with Gasteiger partial charge in [0, 0.05) is 35.0 Å². The number of benzene rings is 1. The highest BCUT2D eigenvalue weighted by atomic mass is 32.1. The number of hydrogen-bond acceptors (Lipinski definition) is 6. The lowest BCUT2D eigenvalue weighted by atomic mass is 10.1. The highest BCUT2D eigenvalue weighted by molar-refractivity contribution is 7.12. The Morgan fingerprint density at radius 2 is 2.24 bits per heavy atom. The second kappa shape index (κ2) is 7.43. The summed E-state index contributed by atoms with van der Waals surface area (Å²) in [4.78, 5) is 5.06. The van der Waals surface area contributed by atoms with E-state index in [1.165, 1.54) is 21.7 Å². The van der Waals surface area contributed by atoms with Gasteiger partial charge in [0.1, 0.15) is 0 Å². The van der Waals surface area contributed by atoms with Crippen LogP contribution in [0.5, 0.6) is 0 Å². The normalized spacial score (nSPS) is 17.4. The molecule has 6 nitrogen and oxygen atoms in total. The van der Waals surface area contributed by atoms with Crippen LogP contribution in [0.2, 0.25) is 0 Å². The third-order valence-corrected chi connectivity index (χ3v) is 5.50. The molecule has 1 N–H and O–H groups in total. The smallest absolute Gasteiger partial charge is 0.204 e. The lowest BCUT2D eigenvalue weighted by Crippen LogP contribution is -2.16. The molecule has 1 aromatic carbocycles. The quantitative estimate of drug-likeness (QED) is 0.734. The Bertz CT molecular complexity index is 811. The highest BCUT2D eigenvalue weighted by Crippen LogP contribution is 2.33. The summed E-state index contributed by atoms with van der Waals surface area (Å²) in [6.07, 6.45) is 2.64. The predicted octanol–water partition coefficient (Wildman–Crippen LogP) is 3.41. The number of nitrogens with one attached hydrogen (secondary N) is 1. The molecule has 25 heavy (non-hydrogen) atoms. The van der Waals surface area contributed by atoms with E-state index in [4.69, 9.17) is 4.74 Å². The maximum Gasteiger partial charge on any atom is 0.204 e. The van der Waals surface area contributed by atoms with Crippen molar-refractivity contribution >= 4 is 11.3 Å². The van der Waals surface area contributed by atoms with Gasteiger partial charge in [0.25, 0.3) is 0 Å². The van der Waals surface area contributed by atoms with E-state index >= 15 is 0 Å². The second-order valence-corrected chi connectivity index (χ2v) is 7.61. The third-order valence-electron chi connectivity index (χ3n) is 4.34. The highest BCUT2D eigenvalue weighted by Gasteiger charge is 2.19. The zero-order chi connectivity index (χ0) is 17.1. The van der Waals surface area contributed by atoms with Gasteiger partial charge >= 0.3 is 0 Å². The molecule has 4 rings (SSSR count). The van der Waals surface area contributed by atoms with Crippen molar-refractivity contribution in [1.29, 1.82) is 0 Å². The van der Waals surface area contributed by atoms with Crippen LogP contribution in [0.15, 0.2) is 36.4 Å². The lowest BCUT2D eigenvalue weighted by Gasteiger charge is -2.16. The second-order valence-electron chi connectivity index (χ2n) is 6.41. The molecule has 1 fully saturated rings. The molecule has 2 aromatic heterocycles. The Morgan fingerprint density at radius 3 is 3.04 bits per heavy atom. The first-order valence-corrected chi connectivity index (χ1v) is 9.31. The number of thiophene rings is 1. The van der Waals surface area contributed by atoms with Gasteiger partial charge in [-0.2, -0.15) is 5.21 Å². The maximum atomic E-state index is 5.78. The molecule has 1 saturated heterocycles. The van der Waals surface area contributed by atoms with Gasteiger partial charge in [-0.1, -0.05) is 18.2 Å². The SMILES string of the molecule is CN(Cc1cccc(-c2nn[nH]n2)c1)Cc1ccc([C@H]2CCCO2)s1. The monoisotopic (exact) mass is 355 g/mol. The number of hydrogen-bond donors (Lipinski definition) is 1. The molecule has 0 amide bonds. The standard InChI is InChI=1S/C18H21N5OS/c1-23(12-15-7-8-17(25-15)16-6-3-9-24-16)11-13-4-2-5-14(10-13)18-19-21-22-20-18/h2,4-5,7-8,10,16H,3,6,9,11-12H2,1H3,(H,19,20,21,22)/t16-/m1/s1. The molecule has 1 atom stereocenters. The fourth-order valence-corrected chi connectivity index (χ4v) is 4.36. The van der Waals surface area contributed by atoms with Crippen molar-refractivity contribution in [3.8, 4) is 11.4 Å². The van der Waals surface area contributed by atoms with E-state index < -0.39 is 0 Å². The zero-order valence-electron chi connectivity index (χ0n) is 14.2. The number of ether oxygens (including phenoxy) is 1. The van der Waals surface area contributed by atoms with Gasteiger partial charge in [0.2, 0.25) is 5.82 Å². The fraction of sp³-hybridized carbons (Fsp3) is 0.389. The molecule has 0 radical (unpaired) electrons. The van der Waals surface area contributed by atoms with E-state index in [-0.39, 0.29) is 0 Å². The van der Waals surface area contributed by atoms with E-state index in [0.717, 1.165) is 31.7 Å². The van der Waals surface area contributed by atoms with Crippen LogP contribution < -0.4 is 0 Å². The molecule has 1 aliphatic heterocycles. The molecule has 3 aromatic rings. The van der Waals surface area contributed by atoms with Crippen molar-refractivity contribution in [2.45, 2.75) is 32.0 Å². The third kappa shape index (κ3) is 3.95. The first-order chi connectivity index (χ1) is 12.3. The van der Waals surface area contributed by atoms with Crippen molar-refractivity contribution in [3.63, 3.8) is 0 Å². The number of H-pyrrole nitrogens is 1. The summed E-state index contributed by atoms with van der Waals surface area (Å²) in [6.45, 7) is 2.71. The van der Waals surface area contributed by atoms with Crippen LogP contribution in [-0.4, -0.2) is 39.2 Å². The summed E-state index contributed by atoms with van der Waals surface area (Å²) in [5.41, 5.74) is 2.22. The molecule has 0 spiro atoms. The molecular formula is C18H21N5OS. The molecular weight excluding hydrogens is 334 g/mol. The number of aromatic amines is 1. The van der Waals surface area contributed by atoms with Crippen LogP contribution in [0.3, 0.4) is 0 Å². The number of rotatable bonds is 6. The minimum atomic E-state index is 0.315. The topological polar surface area (TPSA) is 66.9 Å². The summed E-state index contributed by atoms with van der Waals surface area (Å²) in [6, 6.07) is 12.7. The van der Waals surface area contributed by atoms with Crippen LogP contribution in [-0.2, 0) is 17.8 Å². The van der Waals surface area contributed by atoms with Crippen LogP contribution in [0.25, 0.3) is 11.4 Å². The van der Waals surface area contributed by atoms with Crippen LogP contribution in [0, 0.1) is 0 Å². The Morgan fingerprint density at radius 1 is 1.28 bits per heavy atom.